The Hall–Kier alpha value is -0.870. The van der Waals surface area contributed by atoms with Gasteiger partial charge in [-0.2, -0.15) is 0 Å². The molecule has 3 nitrogen and oxygen atoms in total. The molecule has 0 aliphatic heterocycles. The van der Waals surface area contributed by atoms with Crippen molar-refractivity contribution in [3.05, 3.63) is 34.3 Å². The fourth-order valence-corrected chi connectivity index (χ4v) is 2.51. The molecule has 0 spiro atoms. The van der Waals surface area contributed by atoms with E-state index >= 15 is 0 Å². The molecule has 0 bridgehead atoms. The van der Waals surface area contributed by atoms with Gasteiger partial charge in [0.1, 0.15) is 6.61 Å². The first kappa shape index (κ1) is 11.6. The molecule has 86 valence electrons. The van der Waals surface area contributed by atoms with Gasteiger partial charge in [0, 0.05) is 4.47 Å². The summed E-state index contributed by atoms with van der Waals surface area (Å²) in [7, 11) is 0. The zero-order chi connectivity index (χ0) is 11.6. The fraction of sp³-hybridized carbons (Fsp3) is 0.417. The summed E-state index contributed by atoms with van der Waals surface area (Å²) in [5.74, 6) is -0.306. The Balaban J connectivity index is 2.24. The van der Waals surface area contributed by atoms with E-state index in [0.29, 0.717) is 0 Å². The number of halogens is 1. The second-order valence-corrected chi connectivity index (χ2v) is 5.07. The molecule has 1 amide bonds. The number of nitrogens with one attached hydrogen (secondary N) is 1. The Bertz CT molecular complexity index is 402. The number of rotatable bonds is 3. The minimum atomic E-state index is -0.449. The van der Waals surface area contributed by atoms with E-state index in [2.05, 4.69) is 21.2 Å². The van der Waals surface area contributed by atoms with Crippen LogP contribution in [-0.4, -0.2) is 17.6 Å². The molecule has 2 rings (SSSR count). The van der Waals surface area contributed by atoms with Gasteiger partial charge in [-0.3, -0.25) is 4.79 Å². The normalized spacial score (nSPS) is 17.6. The molecule has 16 heavy (non-hydrogen) atoms. The Morgan fingerprint density at radius 3 is 2.75 bits per heavy atom. The van der Waals surface area contributed by atoms with E-state index in [0.717, 1.165) is 29.3 Å². The highest BCUT2D eigenvalue weighted by molar-refractivity contribution is 9.10. The van der Waals surface area contributed by atoms with Crippen LogP contribution in [0.5, 0.6) is 0 Å². The number of aliphatic hydroxyl groups excluding tert-OH is 1. The monoisotopic (exact) mass is 283 g/mol. The molecule has 1 aliphatic rings. The maximum Gasteiger partial charge on any atom is 0.246 e. The smallest absolute Gasteiger partial charge is 0.246 e. The minimum Gasteiger partial charge on any atom is -0.387 e. The van der Waals surface area contributed by atoms with Crippen LogP contribution in [0.1, 0.15) is 24.8 Å². The van der Waals surface area contributed by atoms with Crippen LogP contribution in [0.4, 0.5) is 0 Å². The third-order valence-corrected chi connectivity index (χ3v) is 3.60. The second-order valence-electron chi connectivity index (χ2n) is 4.15. The molecule has 0 unspecified atom stereocenters. The standard InChI is InChI=1S/C12H14BrNO2/c13-10-4-1-3-9(7-10)12(5-2-6-12)14-11(16)8-15/h1,3-4,7,15H,2,5-6,8H2,(H,14,16). The average Bonchev–Trinajstić information content (AvgIpc) is 2.23. The van der Waals surface area contributed by atoms with Gasteiger partial charge in [0.25, 0.3) is 0 Å². The molecular formula is C12H14BrNO2. The molecule has 0 atom stereocenters. The van der Waals surface area contributed by atoms with Crippen molar-refractivity contribution in [2.45, 2.75) is 24.8 Å². The van der Waals surface area contributed by atoms with Gasteiger partial charge in [-0.15, -0.1) is 0 Å². The predicted molar refractivity (Wildman–Crippen MR) is 64.9 cm³/mol. The van der Waals surface area contributed by atoms with Gasteiger partial charge in [-0.25, -0.2) is 0 Å². The van der Waals surface area contributed by atoms with Gasteiger partial charge in [0.2, 0.25) is 5.91 Å². The van der Waals surface area contributed by atoms with E-state index in [9.17, 15) is 4.79 Å². The van der Waals surface area contributed by atoms with Crippen LogP contribution >= 0.6 is 15.9 Å². The van der Waals surface area contributed by atoms with Gasteiger partial charge >= 0.3 is 0 Å². The number of aliphatic hydroxyl groups is 1. The number of amides is 1. The Labute approximate surface area is 103 Å². The second kappa shape index (κ2) is 4.55. The van der Waals surface area contributed by atoms with E-state index in [1.54, 1.807) is 0 Å². The van der Waals surface area contributed by atoms with Gasteiger partial charge in [0.15, 0.2) is 0 Å². The first-order valence-electron chi connectivity index (χ1n) is 5.34. The summed E-state index contributed by atoms with van der Waals surface area (Å²) in [5, 5.41) is 11.7. The number of carbonyl (C=O) groups is 1. The SMILES string of the molecule is O=C(CO)NC1(c2cccc(Br)c2)CCC1. The van der Waals surface area contributed by atoms with Crippen molar-refractivity contribution < 1.29 is 9.90 Å². The number of hydrogen-bond donors (Lipinski definition) is 2. The highest BCUT2D eigenvalue weighted by atomic mass is 79.9. The number of hydrogen-bond acceptors (Lipinski definition) is 2. The fourth-order valence-electron chi connectivity index (χ4n) is 2.11. The average molecular weight is 284 g/mol. The number of carbonyl (C=O) groups excluding carboxylic acids is 1. The van der Waals surface area contributed by atoms with E-state index in [1.807, 2.05) is 24.3 Å². The maximum atomic E-state index is 11.3. The predicted octanol–water partition coefficient (Wildman–Crippen LogP) is 1.94. The summed E-state index contributed by atoms with van der Waals surface area (Å²) in [6.07, 6.45) is 2.99. The molecule has 0 aromatic heterocycles. The molecule has 1 aromatic carbocycles. The molecule has 1 aliphatic carbocycles. The first-order valence-corrected chi connectivity index (χ1v) is 6.13. The van der Waals surface area contributed by atoms with Crippen LogP contribution < -0.4 is 5.32 Å². The Morgan fingerprint density at radius 1 is 1.50 bits per heavy atom. The van der Waals surface area contributed by atoms with Crippen LogP contribution in [-0.2, 0) is 10.3 Å². The Kier molecular flexibility index (Phi) is 3.30. The van der Waals surface area contributed by atoms with E-state index in [-0.39, 0.29) is 11.4 Å². The molecule has 0 heterocycles. The molecule has 1 fully saturated rings. The molecule has 4 heteroatoms. The highest BCUT2D eigenvalue weighted by Crippen LogP contribution is 2.41. The molecule has 2 N–H and O–H groups in total. The largest absolute Gasteiger partial charge is 0.387 e. The van der Waals surface area contributed by atoms with Gasteiger partial charge in [-0.05, 0) is 37.0 Å². The highest BCUT2D eigenvalue weighted by Gasteiger charge is 2.39. The lowest BCUT2D eigenvalue weighted by molar-refractivity contribution is -0.127. The summed E-state index contributed by atoms with van der Waals surface area (Å²) >= 11 is 3.43. The summed E-state index contributed by atoms with van der Waals surface area (Å²) < 4.78 is 1.01. The third kappa shape index (κ3) is 2.13. The van der Waals surface area contributed by atoms with Crippen LogP contribution in [0.2, 0.25) is 0 Å². The lowest BCUT2D eigenvalue weighted by Gasteiger charge is -2.43. The summed E-state index contributed by atoms with van der Waals surface area (Å²) in [6, 6.07) is 7.96. The van der Waals surface area contributed by atoms with Crippen molar-refractivity contribution >= 4 is 21.8 Å². The van der Waals surface area contributed by atoms with Crippen LogP contribution in [0, 0.1) is 0 Å². The summed E-state index contributed by atoms with van der Waals surface area (Å²) in [6.45, 7) is -0.449. The third-order valence-electron chi connectivity index (χ3n) is 3.11. The van der Waals surface area contributed by atoms with Gasteiger partial charge in [-0.1, -0.05) is 28.1 Å². The zero-order valence-electron chi connectivity index (χ0n) is 8.87. The first-order chi connectivity index (χ1) is 7.66. The van der Waals surface area contributed by atoms with Crippen molar-refractivity contribution in [3.8, 4) is 0 Å². The van der Waals surface area contributed by atoms with Crippen molar-refractivity contribution in [1.82, 2.24) is 5.32 Å². The summed E-state index contributed by atoms with van der Waals surface area (Å²) in [5.41, 5.74) is 0.846. The van der Waals surface area contributed by atoms with E-state index < -0.39 is 6.61 Å². The molecule has 0 radical (unpaired) electrons. The molecule has 1 aromatic rings. The van der Waals surface area contributed by atoms with Crippen molar-refractivity contribution in [1.29, 1.82) is 0 Å². The molecular weight excluding hydrogens is 270 g/mol. The van der Waals surface area contributed by atoms with Gasteiger partial charge in [0.05, 0.1) is 5.54 Å². The maximum absolute atomic E-state index is 11.3. The van der Waals surface area contributed by atoms with Crippen molar-refractivity contribution in [2.75, 3.05) is 6.61 Å². The van der Waals surface area contributed by atoms with Crippen LogP contribution in [0.25, 0.3) is 0 Å². The summed E-state index contributed by atoms with van der Waals surface area (Å²) in [4.78, 5) is 11.3. The quantitative estimate of drug-likeness (QED) is 0.891. The van der Waals surface area contributed by atoms with Crippen molar-refractivity contribution in [3.63, 3.8) is 0 Å². The van der Waals surface area contributed by atoms with Crippen LogP contribution in [0.15, 0.2) is 28.7 Å². The zero-order valence-corrected chi connectivity index (χ0v) is 10.5. The molecule has 1 saturated carbocycles. The lowest BCUT2D eigenvalue weighted by atomic mass is 9.72. The van der Waals surface area contributed by atoms with E-state index in [4.69, 9.17) is 5.11 Å². The minimum absolute atomic E-state index is 0.260. The topological polar surface area (TPSA) is 49.3 Å². The lowest BCUT2D eigenvalue weighted by Crippen LogP contribution is -2.51. The van der Waals surface area contributed by atoms with Gasteiger partial charge < -0.3 is 10.4 Å². The van der Waals surface area contributed by atoms with E-state index in [1.165, 1.54) is 0 Å². The molecule has 0 saturated heterocycles. The Morgan fingerprint density at radius 2 is 2.25 bits per heavy atom. The number of benzene rings is 1. The van der Waals surface area contributed by atoms with Crippen molar-refractivity contribution in [2.24, 2.45) is 0 Å². The van der Waals surface area contributed by atoms with Crippen LogP contribution in [0.3, 0.4) is 0 Å².